The molecule has 2 saturated heterocycles. The highest BCUT2D eigenvalue weighted by molar-refractivity contribution is 8.13. The molecule has 2 aromatic rings. The summed E-state index contributed by atoms with van der Waals surface area (Å²) in [6.07, 6.45) is 0. The second-order valence-corrected chi connectivity index (χ2v) is 12.5. The number of nitrogens with zero attached hydrogens (tertiary/aromatic N) is 1. The lowest BCUT2D eigenvalue weighted by Crippen LogP contribution is -2.40. The Kier molecular flexibility index (Phi) is 12.3. The number of hydrogen-bond donors (Lipinski definition) is 1. The maximum atomic E-state index is 12.3. The van der Waals surface area contributed by atoms with Gasteiger partial charge in [-0.05, 0) is 38.1 Å². The molecule has 0 aliphatic carbocycles. The molecule has 204 valence electrons. The minimum absolute atomic E-state index is 0.000772. The van der Waals surface area contributed by atoms with Crippen LogP contribution < -0.4 is 5.32 Å². The van der Waals surface area contributed by atoms with Crippen LogP contribution in [0.3, 0.4) is 0 Å². The van der Waals surface area contributed by atoms with E-state index in [4.69, 9.17) is 20.2 Å². The molecular weight excluding hydrogens is 544 g/mol. The fraction of sp³-hybridized carbons (Fsp3) is 0.417. The quantitative estimate of drug-likeness (QED) is 0.421. The lowest BCUT2D eigenvalue weighted by molar-refractivity contribution is 0.0730. The van der Waals surface area contributed by atoms with Crippen LogP contribution in [0.5, 0.6) is 0 Å². The highest BCUT2D eigenvalue weighted by Gasteiger charge is 2.26. The minimum atomic E-state index is -3.68. The van der Waals surface area contributed by atoms with Crippen LogP contribution in [0, 0.1) is 0 Å². The zero-order valence-electron chi connectivity index (χ0n) is 20.7. The Morgan fingerprint density at radius 1 is 0.730 bits per heavy atom. The zero-order valence-corrected chi connectivity index (χ0v) is 23.1. The number of Topliss-reactive ketones (excluding diaryl/α,β-unsaturated/α-hetero) is 2. The monoisotopic (exact) mass is 574 g/mol. The summed E-state index contributed by atoms with van der Waals surface area (Å²) >= 11 is 0. The average Bonchev–Trinajstić information content (AvgIpc) is 2.90. The molecule has 0 aromatic heterocycles. The number of carbonyl (C=O) groups excluding carboxylic acids is 2. The Morgan fingerprint density at radius 2 is 1.14 bits per heavy atom. The van der Waals surface area contributed by atoms with E-state index in [1.165, 1.54) is 66.7 Å². The van der Waals surface area contributed by atoms with E-state index in [0.29, 0.717) is 37.4 Å². The predicted octanol–water partition coefficient (Wildman–Crippen LogP) is 2.33. The highest BCUT2D eigenvalue weighted by atomic mass is 35.7. The first-order valence-corrected chi connectivity index (χ1v) is 15.2. The average molecular weight is 575 g/mol. The molecule has 0 spiro atoms. The normalized spacial score (nSPS) is 16.4. The van der Waals surface area contributed by atoms with Crippen molar-refractivity contribution >= 4 is 41.3 Å². The molecule has 4 rings (SSSR count). The molecule has 2 aliphatic heterocycles. The third kappa shape index (κ3) is 10.2. The number of halogens is 1. The number of sulfonamides is 1. The lowest BCUT2D eigenvalue weighted by atomic mass is 10.2. The van der Waals surface area contributed by atoms with Crippen molar-refractivity contribution in [1.29, 1.82) is 0 Å². The van der Waals surface area contributed by atoms with Crippen molar-refractivity contribution in [3.8, 4) is 0 Å². The van der Waals surface area contributed by atoms with Crippen molar-refractivity contribution < 1.29 is 35.9 Å². The largest absolute Gasteiger partial charge is 0.379 e. The summed E-state index contributed by atoms with van der Waals surface area (Å²) < 4.78 is 57.6. The number of benzene rings is 2. The Hall–Kier alpha value is -2.19. The van der Waals surface area contributed by atoms with Crippen LogP contribution in [-0.2, 0) is 28.5 Å². The molecule has 2 aliphatic rings. The van der Waals surface area contributed by atoms with Gasteiger partial charge in [-0.15, -0.1) is 0 Å². The van der Waals surface area contributed by atoms with Crippen molar-refractivity contribution in [2.24, 2.45) is 0 Å². The van der Waals surface area contributed by atoms with Gasteiger partial charge < -0.3 is 14.8 Å². The Bertz CT molecular complexity index is 1230. The standard InChI is InChI=1S/C12H15NO4S.C8H7ClO3S.C4H9NO/c1-10(14)11-2-4-12(5-3-11)18(15,16)13-6-8-17-9-7-13;1-6(10)7-2-4-8(5-3-7)13(9,11)12;1-3-6-4-2-5-1/h2-5H,6-9H2,1H3;2-5H,1H3;5H,1-4H2. The highest BCUT2D eigenvalue weighted by Crippen LogP contribution is 2.18. The Morgan fingerprint density at radius 3 is 1.46 bits per heavy atom. The van der Waals surface area contributed by atoms with Crippen LogP contribution >= 0.6 is 10.7 Å². The van der Waals surface area contributed by atoms with Gasteiger partial charge in [-0.25, -0.2) is 16.8 Å². The Labute approximate surface area is 222 Å². The maximum Gasteiger partial charge on any atom is 0.261 e. The van der Waals surface area contributed by atoms with Crippen LogP contribution in [0.1, 0.15) is 34.6 Å². The van der Waals surface area contributed by atoms with Crippen LogP contribution in [0.15, 0.2) is 58.3 Å². The third-order valence-electron chi connectivity index (χ3n) is 5.26. The molecule has 0 amide bonds. The Balaban J connectivity index is 0.000000220. The number of ether oxygens (including phenoxy) is 2. The molecule has 10 nitrogen and oxygen atoms in total. The number of carbonyl (C=O) groups is 2. The lowest BCUT2D eigenvalue weighted by Gasteiger charge is -2.26. The summed E-state index contributed by atoms with van der Waals surface area (Å²) in [6.45, 7) is 8.28. The molecule has 0 radical (unpaired) electrons. The molecule has 0 saturated carbocycles. The van der Waals surface area contributed by atoms with Gasteiger partial charge in [0.05, 0.1) is 36.2 Å². The number of morpholine rings is 2. The smallest absolute Gasteiger partial charge is 0.261 e. The molecule has 0 bridgehead atoms. The molecule has 1 N–H and O–H groups in total. The maximum absolute atomic E-state index is 12.3. The van der Waals surface area contributed by atoms with E-state index >= 15 is 0 Å². The predicted molar refractivity (Wildman–Crippen MR) is 139 cm³/mol. The molecule has 2 aromatic carbocycles. The summed E-state index contributed by atoms with van der Waals surface area (Å²) in [5, 5.41) is 3.16. The molecule has 2 fully saturated rings. The first-order valence-electron chi connectivity index (χ1n) is 11.5. The van der Waals surface area contributed by atoms with Gasteiger partial charge in [-0.3, -0.25) is 9.59 Å². The van der Waals surface area contributed by atoms with Crippen molar-refractivity contribution in [2.75, 3.05) is 52.6 Å². The third-order valence-corrected chi connectivity index (χ3v) is 8.54. The van der Waals surface area contributed by atoms with Gasteiger partial charge in [0, 0.05) is 48.0 Å². The first-order chi connectivity index (χ1) is 17.4. The van der Waals surface area contributed by atoms with Gasteiger partial charge in [-0.1, -0.05) is 24.3 Å². The molecule has 0 unspecified atom stereocenters. The van der Waals surface area contributed by atoms with Crippen molar-refractivity contribution in [1.82, 2.24) is 9.62 Å². The number of hydrogen-bond acceptors (Lipinski definition) is 9. The van der Waals surface area contributed by atoms with Crippen LogP contribution in [0.4, 0.5) is 0 Å². The van der Waals surface area contributed by atoms with Crippen LogP contribution in [-0.4, -0.2) is 85.3 Å². The van der Waals surface area contributed by atoms with E-state index in [-0.39, 0.29) is 21.4 Å². The van der Waals surface area contributed by atoms with Gasteiger partial charge in [0.1, 0.15) is 0 Å². The second kappa shape index (κ2) is 14.7. The number of nitrogens with one attached hydrogen (secondary N) is 1. The zero-order chi connectivity index (χ0) is 27.5. The molecule has 0 atom stereocenters. The SMILES string of the molecule is C1COCCN1.CC(=O)c1ccc(S(=O)(=O)Cl)cc1.CC(=O)c1ccc(S(=O)(=O)N2CCOCC2)cc1. The second-order valence-electron chi connectivity index (χ2n) is 7.98. The van der Waals surface area contributed by atoms with Gasteiger partial charge in [-0.2, -0.15) is 4.31 Å². The number of ketones is 2. The number of rotatable bonds is 5. The van der Waals surface area contributed by atoms with Gasteiger partial charge in [0.2, 0.25) is 10.0 Å². The topological polar surface area (TPSA) is 136 Å². The van der Waals surface area contributed by atoms with Gasteiger partial charge >= 0.3 is 0 Å². The summed E-state index contributed by atoms with van der Waals surface area (Å²) in [5.41, 5.74) is 0.972. The fourth-order valence-corrected chi connectivity index (χ4v) is 5.34. The summed E-state index contributed by atoms with van der Waals surface area (Å²) in [5.74, 6) is -0.191. The summed E-state index contributed by atoms with van der Waals surface area (Å²) in [4.78, 5) is 22.2. The van der Waals surface area contributed by atoms with E-state index in [0.717, 1.165) is 26.3 Å². The van der Waals surface area contributed by atoms with Crippen molar-refractivity contribution in [3.05, 3.63) is 59.7 Å². The summed E-state index contributed by atoms with van der Waals surface area (Å²) in [6, 6.07) is 11.5. The van der Waals surface area contributed by atoms with Crippen LogP contribution in [0.25, 0.3) is 0 Å². The fourth-order valence-electron chi connectivity index (χ4n) is 3.17. The molecular formula is C24H31ClN2O8S2. The van der Waals surface area contributed by atoms with E-state index < -0.39 is 19.1 Å². The van der Waals surface area contributed by atoms with E-state index in [9.17, 15) is 26.4 Å². The van der Waals surface area contributed by atoms with E-state index in [1.54, 1.807) is 0 Å². The molecule has 37 heavy (non-hydrogen) atoms. The van der Waals surface area contributed by atoms with E-state index in [2.05, 4.69) is 5.32 Å². The van der Waals surface area contributed by atoms with E-state index in [1.807, 2.05) is 0 Å². The summed E-state index contributed by atoms with van der Waals surface area (Å²) in [7, 11) is -2.07. The first kappa shape index (κ1) is 31.0. The van der Waals surface area contributed by atoms with Gasteiger partial charge in [0.15, 0.2) is 11.6 Å². The molecule has 2 heterocycles. The minimum Gasteiger partial charge on any atom is -0.379 e. The van der Waals surface area contributed by atoms with Crippen LogP contribution in [0.2, 0.25) is 0 Å². The van der Waals surface area contributed by atoms with Gasteiger partial charge in [0.25, 0.3) is 9.05 Å². The molecule has 13 heteroatoms. The van der Waals surface area contributed by atoms with Crippen molar-refractivity contribution in [2.45, 2.75) is 23.6 Å². The van der Waals surface area contributed by atoms with Crippen molar-refractivity contribution in [3.63, 3.8) is 0 Å².